The summed E-state index contributed by atoms with van der Waals surface area (Å²) in [6.07, 6.45) is 3.09. The second kappa shape index (κ2) is 6.23. The zero-order chi connectivity index (χ0) is 15.5. The van der Waals surface area contributed by atoms with Gasteiger partial charge in [-0.3, -0.25) is 0 Å². The Morgan fingerprint density at radius 3 is 2.45 bits per heavy atom. The molecule has 1 heterocycles. The maximum atomic E-state index is 12.1. The highest BCUT2D eigenvalue weighted by Crippen LogP contribution is 2.18. The quantitative estimate of drug-likeness (QED) is 0.787. The van der Waals surface area contributed by atoms with Gasteiger partial charge in [-0.1, -0.05) is 11.6 Å². The van der Waals surface area contributed by atoms with Crippen LogP contribution in [0.25, 0.3) is 0 Å². The molecule has 0 radical (unpaired) electrons. The van der Waals surface area contributed by atoms with Crippen LogP contribution >= 0.6 is 0 Å². The van der Waals surface area contributed by atoms with E-state index in [1.807, 2.05) is 13.8 Å². The predicted octanol–water partition coefficient (Wildman–Crippen LogP) is 2.01. The number of aromatic nitrogens is 1. The lowest BCUT2D eigenvalue weighted by Gasteiger charge is -2.09. The molecule has 0 spiro atoms. The lowest BCUT2D eigenvalue weighted by Crippen LogP contribution is -2.23. The van der Waals surface area contributed by atoms with E-state index in [4.69, 9.17) is 5.11 Å². The molecule has 0 aromatic carbocycles. The Hall–Kier alpha value is -1.60. The van der Waals surface area contributed by atoms with Gasteiger partial charge in [0.05, 0.1) is 0 Å². The lowest BCUT2D eigenvalue weighted by molar-refractivity contribution is 0.0683. The Morgan fingerprint density at radius 1 is 1.45 bits per heavy atom. The number of carboxylic acids is 1. The van der Waals surface area contributed by atoms with E-state index < -0.39 is 16.0 Å². The molecule has 0 unspecified atom stereocenters. The molecule has 0 aliphatic carbocycles. The maximum Gasteiger partial charge on any atom is 0.352 e. The zero-order valence-corrected chi connectivity index (χ0v) is 12.9. The van der Waals surface area contributed by atoms with Crippen molar-refractivity contribution in [2.24, 2.45) is 0 Å². The molecule has 112 valence electrons. The first-order valence-electron chi connectivity index (χ1n) is 6.23. The van der Waals surface area contributed by atoms with Crippen molar-refractivity contribution in [3.8, 4) is 0 Å². The van der Waals surface area contributed by atoms with Gasteiger partial charge in [0.15, 0.2) is 0 Å². The molecular weight excluding hydrogens is 280 g/mol. The molecular formula is C13H20N2O4S. The number of carbonyl (C=O) groups is 1. The summed E-state index contributed by atoms with van der Waals surface area (Å²) in [5.74, 6) is -1.15. The number of hydrogen-bond acceptors (Lipinski definition) is 3. The largest absolute Gasteiger partial charge is 0.477 e. The fraction of sp³-hybridized carbons (Fsp3) is 0.462. The van der Waals surface area contributed by atoms with Crippen LogP contribution in [0.4, 0.5) is 0 Å². The van der Waals surface area contributed by atoms with Crippen molar-refractivity contribution in [1.29, 1.82) is 0 Å². The van der Waals surface area contributed by atoms with Gasteiger partial charge >= 0.3 is 5.97 Å². The average Bonchev–Trinajstić information content (AvgIpc) is 2.73. The SMILES string of the molecule is CC(C)=CCNS(=O)(=O)c1cc(C(=O)O)n(C(C)C)c1. The topological polar surface area (TPSA) is 88.4 Å². The number of carboxylic acid groups (broad SMARTS) is 1. The van der Waals surface area contributed by atoms with Gasteiger partial charge < -0.3 is 9.67 Å². The second-order valence-corrected chi connectivity index (χ2v) is 6.77. The first-order valence-corrected chi connectivity index (χ1v) is 7.71. The lowest BCUT2D eigenvalue weighted by atomic mass is 10.3. The van der Waals surface area contributed by atoms with Gasteiger partial charge in [-0.15, -0.1) is 0 Å². The number of nitrogens with one attached hydrogen (secondary N) is 1. The average molecular weight is 300 g/mol. The van der Waals surface area contributed by atoms with Crippen LogP contribution in [0.3, 0.4) is 0 Å². The van der Waals surface area contributed by atoms with Crippen LogP contribution in [0, 0.1) is 0 Å². The molecule has 0 fully saturated rings. The molecule has 7 heteroatoms. The summed E-state index contributed by atoms with van der Waals surface area (Å²) in [7, 11) is -3.70. The molecule has 2 N–H and O–H groups in total. The van der Waals surface area contributed by atoms with E-state index in [9.17, 15) is 13.2 Å². The monoisotopic (exact) mass is 300 g/mol. The normalized spacial score (nSPS) is 11.7. The van der Waals surface area contributed by atoms with Crippen molar-refractivity contribution < 1.29 is 18.3 Å². The van der Waals surface area contributed by atoms with E-state index in [1.54, 1.807) is 19.9 Å². The Kier molecular flexibility index (Phi) is 5.13. The van der Waals surface area contributed by atoms with E-state index in [-0.39, 0.29) is 23.2 Å². The van der Waals surface area contributed by atoms with Crippen molar-refractivity contribution in [2.45, 2.75) is 38.6 Å². The molecule has 20 heavy (non-hydrogen) atoms. The standard InChI is InChI=1S/C13H20N2O4S/c1-9(2)5-6-14-20(18,19)11-7-12(13(16)17)15(8-11)10(3)4/h5,7-8,10,14H,6H2,1-4H3,(H,16,17). The van der Waals surface area contributed by atoms with Gasteiger partial charge in [0.1, 0.15) is 10.6 Å². The van der Waals surface area contributed by atoms with Crippen molar-refractivity contribution in [3.63, 3.8) is 0 Å². The Labute approximate surface area is 119 Å². The number of nitrogens with zero attached hydrogens (tertiary/aromatic N) is 1. The molecule has 1 rings (SSSR count). The highest BCUT2D eigenvalue weighted by molar-refractivity contribution is 7.89. The predicted molar refractivity (Wildman–Crippen MR) is 76.4 cm³/mol. The number of rotatable bonds is 6. The molecule has 0 bridgehead atoms. The number of sulfonamides is 1. The summed E-state index contributed by atoms with van der Waals surface area (Å²) in [6.45, 7) is 7.50. The molecule has 0 saturated heterocycles. The van der Waals surface area contributed by atoms with Crippen LogP contribution in [0.15, 0.2) is 28.8 Å². The van der Waals surface area contributed by atoms with Gasteiger partial charge in [0, 0.05) is 18.8 Å². The van der Waals surface area contributed by atoms with Crippen LogP contribution in [-0.4, -0.2) is 30.6 Å². The number of hydrogen-bond donors (Lipinski definition) is 2. The van der Waals surface area contributed by atoms with Crippen LogP contribution in [0.2, 0.25) is 0 Å². The molecule has 0 aliphatic heterocycles. The van der Waals surface area contributed by atoms with Crippen molar-refractivity contribution in [1.82, 2.24) is 9.29 Å². The fourth-order valence-electron chi connectivity index (χ4n) is 1.64. The highest BCUT2D eigenvalue weighted by Gasteiger charge is 2.21. The third-order valence-corrected chi connectivity index (χ3v) is 4.08. The van der Waals surface area contributed by atoms with Crippen LogP contribution in [0.5, 0.6) is 0 Å². The summed E-state index contributed by atoms with van der Waals surface area (Å²) in [4.78, 5) is 11.1. The number of allylic oxidation sites excluding steroid dienone is 1. The molecule has 1 aromatic heterocycles. The van der Waals surface area contributed by atoms with Crippen molar-refractivity contribution in [2.75, 3.05) is 6.54 Å². The van der Waals surface area contributed by atoms with Crippen molar-refractivity contribution >= 4 is 16.0 Å². The van der Waals surface area contributed by atoms with Crippen LogP contribution in [-0.2, 0) is 10.0 Å². The van der Waals surface area contributed by atoms with E-state index in [1.165, 1.54) is 16.8 Å². The Bertz CT molecular complexity index is 623. The Balaban J connectivity index is 3.10. The van der Waals surface area contributed by atoms with E-state index >= 15 is 0 Å². The van der Waals surface area contributed by atoms with Crippen molar-refractivity contribution in [3.05, 3.63) is 29.6 Å². The van der Waals surface area contributed by atoms with Crippen LogP contribution < -0.4 is 4.72 Å². The minimum absolute atomic E-state index is 0.0363. The summed E-state index contributed by atoms with van der Waals surface area (Å²) in [5, 5.41) is 9.10. The molecule has 0 aliphatic rings. The fourth-order valence-corrected chi connectivity index (χ4v) is 2.63. The van der Waals surface area contributed by atoms with Gasteiger partial charge in [-0.2, -0.15) is 0 Å². The third kappa shape index (κ3) is 3.94. The minimum atomic E-state index is -3.70. The first kappa shape index (κ1) is 16.5. The zero-order valence-electron chi connectivity index (χ0n) is 12.0. The highest BCUT2D eigenvalue weighted by atomic mass is 32.2. The van der Waals surface area contributed by atoms with Gasteiger partial charge in [-0.25, -0.2) is 17.9 Å². The van der Waals surface area contributed by atoms with Gasteiger partial charge in [-0.05, 0) is 33.8 Å². The minimum Gasteiger partial charge on any atom is -0.477 e. The van der Waals surface area contributed by atoms with Crippen LogP contribution in [0.1, 0.15) is 44.2 Å². The molecule has 0 atom stereocenters. The Morgan fingerprint density at radius 2 is 2.05 bits per heavy atom. The van der Waals surface area contributed by atoms with Gasteiger partial charge in [0.2, 0.25) is 10.0 Å². The van der Waals surface area contributed by atoms with E-state index in [0.717, 1.165) is 5.57 Å². The maximum absolute atomic E-state index is 12.1. The first-order chi connectivity index (χ1) is 9.15. The van der Waals surface area contributed by atoms with E-state index in [2.05, 4.69) is 4.72 Å². The third-order valence-electron chi connectivity index (χ3n) is 2.69. The molecule has 0 saturated carbocycles. The molecule has 1 aromatic rings. The smallest absolute Gasteiger partial charge is 0.352 e. The van der Waals surface area contributed by atoms with E-state index in [0.29, 0.717) is 0 Å². The number of aromatic carboxylic acids is 1. The summed E-state index contributed by atoms with van der Waals surface area (Å²) in [6, 6.07) is 1.04. The summed E-state index contributed by atoms with van der Waals surface area (Å²) >= 11 is 0. The second-order valence-electron chi connectivity index (χ2n) is 5.00. The summed E-state index contributed by atoms with van der Waals surface area (Å²) < 4.78 is 28.0. The summed E-state index contributed by atoms with van der Waals surface area (Å²) in [5.41, 5.74) is 0.960. The van der Waals surface area contributed by atoms with Gasteiger partial charge in [0.25, 0.3) is 0 Å². The molecule has 6 nitrogen and oxygen atoms in total. The molecule has 0 amide bonds.